The molecule has 6 nitrogen and oxygen atoms in total. The van der Waals surface area contributed by atoms with Crippen LogP contribution in [-0.2, 0) is 0 Å². The zero-order chi connectivity index (χ0) is 16.2. The number of ether oxygens (including phenoxy) is 1. The highest BCUT2D eigenvalue weighted by molar-refractivity contribution is 7.21. The Bertz CT molecular complexity index is 794. The topological polar surface area (TPSA) is 80.2 Å². The first kappa shape index (κ1) is 15.6. The van der Waals surface area contributed by atoms with E-state index in [1.54, 1.807) is 13.1 Å². The van der Waals surface area contributed by atoms with Crippen LogP contribution in [-0.4, -0.2) is 46.7 Å². The van der Waals surface area contributed by atoms with Crippen LogP contribution in [0.25, 0.3) is 20.9 Å². The number of rotatable bonds is 6. The fourth-order valence-corrected chi connectivity index (χ4v) is 2.88. The molecule has 0 fully saturated rings. The van der Waals surface area contributed by atoms with E-state index in [-0.39, 0.29) is 6.61 Å². The van der Waals surface area contributed by atoms with E-state index >= 15 is 0 Å². The molecule has 8 heteroatoms. The summed E-state index contributed by atoms with van der Waals surface area (Å²) in [6.07, 6.45) is -1.11. The molecule has 2 N–H and O–H groups in total. The largest absolute Gasteiger partial charge is 0.491 e. The number of aliphatic hydroxyl groups excluding tert-OH is 1. The molecule has 23 heavy (non-hydrogen) atoms. The van der Waals surface area contributed by atoms with Crippen LogP contribution in [0.1, 0.15) is 0 Å². The predicted molar refractivity (Wildman–Crippen MR) is 87.7 cm³/mol. The van der Waals surface area contributed by atoms with Crippen LogP contribution in [0.2, 0.25) is 0 Å². The minimum atomic E-state index is -1.11. The first-order chi connectivity index (χ1) is 11.2. The van der Waals surface area contributed by atoms with E-state index in [4.69, 9.17) is 4.74 Å². The number of halogens is 1. The van der Waals surface area contributed by atoms with Gasteiger partial charge in [-0.3, -0.25) is 0 Å². The van der Waals surface area contributed by atoms with Gasteiger partial charge < -0.3 is 15.2 Å². The number of benzene rings is 1. The average molecular weight is 334 g/mol. The smallest absolute Gasteiger partial charge is 0.148 e. The summed E-state index contributed by atoms with van der Waals surface area (Å²) >= 11 is 1.47. The number of nitrogens with one attached hydrogen (secondary N) is 1. The summed E-state index contributed by atoms with van der Waals surface area (Å²) in [6, 6.07) is 9.07. The number of fused-ring (bicyclic) bond motifs is 1. The molecule has 120 valence electrons. The van der Waals surface area contributed by atoms with Gasteiger partial charge >= 0.3 is 0 Å². The van der Waals surface area contributed by atoms with Crippen molar-refractivity contribution in [2.24, 2.45) is 0 Å². The lowest BCUT2D eigenvalue weighted by atomic mass is 10.3. The normalized spacial score (nSPS) is 12.3. The third-order valence-electron chi connectivity index (χ3n) is 3.12. The van der Waals surface area contributed by atoms with Crippen LogP contribution in [0.3, 0.4) is 0 Å². The number of alkyl halides is 1. The molecule has 0 aliphatic rings. The number of aliphatic hydroxyl groups is 1. The minimum absolute atomic E-state index is 0.0787. The van der Waals surface area contributed by atoms with E-state index in [1.165, 1.54) is 11.3 Å². The quantitative estimate of drug-likeness (QED) is 0.721. The Morgan fingerprint density at radius 3 is 2.87 bits per heavy atom. The maximum Gasteiger partial charge on any atom is 0.148 e. The maximum atomic E-state index is 12.2. The van der Waals surface area contributed by atoms with Crippen molar-refractivity contribution in [3.8, 4) is 16.5 Å². The molecule has 0 aliphatic carbocycles. The molecular formula is C15H15FN4O2S. The van der Waals surface area contributed by atoms with Gasteiger partial charge in [0.15, 0.2) is 0 Å². The molecule has 3 rings (SSSR count). The van der Waals surface area contributed by atoms with Crippen molar-refractivity contribution in [2.75, 3.05) is 25.6 Å². The van der Waals surface area contributed by atoms with Crippen molar-refractivity contribution in [1.82, 2.24) is 15.2 Å². The summed E-state index contributed by atoms with van der Waals surface area (Å²) in [5, 5.41) is 21.0. The Morgan fingerprint density at radius 1 is 1.30 bits per heavy atom. The highest BCUT2D eigenvalue weighted by atomic mass is 32.1. The average Bonchev–Trinajstić information content (AvgIpc) is 3.03. The lowest BCUT2D eigenvalue weighted by Crippen LogP contribution is -2.19. The summed E-state index contributed by atoms with van der Waals surface area (Å²) in [6.45, 7) is -0.904. The van der Waals surface area contributed by atoms with Crippen LogP contribution in [0, 0.1) is 0 Å². The van der Waals surface area contributed by atoms with Gasteiger partial charge in [-0.2, -0.15) is 0 Å². The van der Waals surface area contributed by atoms with E-state index in [0.29, 0.717) is 17.3 Å². The van der Waals surface area contributed by atoms with E-state index in [0.717, 1.165) is 15.2 Å². The molecule has 2 aromatic heterocycles. The molecular weight excluding hydrogens is 319 g/mol. The van der Waals surface area contributed by atoms with Crippen LogP contribution < -0.4 is 10.1 Å². The van der Waals surface area contributed by atoms with Crippen molar-refractivity contribution >= 4 is 27.4 Å². The second-order valence-corrected chi connectivity index (χ2v) is 5.85. The second kappa shape index (κ2) is 6.84. The van der Waals surface area contributed by atoms with Crippen LogP contribution in [0.5, 0.6) is 5.75 Å². The zero-order valence-corrected chi connectivity index (χ0v) is 13.2. The standard InChI is InChI=1S/C15H15FN4O2S/c1-17-14-5-4-12(19-20-14)15-18-11-3-2-10(6-13(11)23-15)22-8-9(21)7-16/h2-6,9,21H,7-8H2,1H3,(H,17,20). The van der Waals surface area contributed by atoms with Gasteiger partial charge in [0.25, 0.3) is 0 Å². The molecule has 0 bridgehead atoms. The SMILES string of the molecule is CNc1ccc(-c2nc3ccc(OCC(O)CF)cc3s2)nn1. The summed E-state index contributed by atoms with van der Waals surface area (Å²) in [5.41, 5.74) is 1.52. The Hall–Kier alpha value is -2.32. The van der Waals surface area contributed by atoms with E-state index in [1.807, 2.05) is 24.3 Å². The molecule has 0 spiro atoms. The lowest BCUT2D eigenvalue weighted by Gasteiger charge is -2.08. The molecule has 1 atom stereocenters. The molecule has 0 amide bonds. The van der Waals surface area contributed by atoms with E-state index < -0.39 is 12.8 Å². The van der Waals surface area contributed by atoms with Crippen molar-refractivity contribution in [2.45, 2.75) is 6.10 Å². The zero-order valence-electron chi connectivity index (χ0n) is 12.4. The first-order valence-corrected chi connectivity index (χ1v) is 7.80. The number of nitrogens with zero attached hydrogens (tertiary/aromatic N) is 3. The Kier molecular flexibility index (Phi) is 4.63. The van der Waals surface area contributed by atoms with E-state index in [2.05, 4.69) is 20.5 Å². The Labute approximate surface area is 136 Å². The number of aromatic nitrogens is 3. The second-order valence-electron chi connectivity index (χ2n) is 4.82. The van der Waals surface area contributed by atoms with Gasteiger partial charge in [-0.15, -0.1) is 21.5 Å². The van der Waals surface area contributed by atoms with Crippen LogP contribution in [0.15, 0.2) is 30.3 Å². The number of thiazole rings is 1. The third kappa shape index (κ3) is 3.54. The van der Waals surface area contributed by atoms with Gasteiger partial charge in [0.05, 0.1) is 10.2 Å². The highest BCUT2D eigenvalue weighted by Crippen LogP contribution is 2.31. The molecule has 0 saturated heterocycles. The van der Waals surface area contributed by atoms with Crippen molar-refractivity contribution < 1.29 is 14.2 Å². The van der Waals surface area contributed by atoms with Crippen molar-refractivity contribution in [3.05, 3.63) is 30.3 Å². The monoisotopic (exact) mass is 334 g/mol. The number of hydrogen-bond acceptors (Lipinski definition) is 7. The molecule has 1 unspecified atom stereocenters. The summed E-state index contributed by atoms with van der Waals surface area (Å²) in [7, 11) is 1.78. The molecule has 0 radical (unpaired) electrons. The van der Waals surface area contributed by atoms with Gasteiger partial charge in [0.1, 0.15) is 41.7 Å². The predicted octanol–water partition coefficient (Wildman–Crippen LogP) is 2.50. The van der Waals surface area contributed by atoms with Gasteiger partial charge in [-0.25, -0.2) is 9.37 Å². The highest BCUT2D eigenvalue weighted by Gasteiger charge is 2.10. The molecule has 2 heterocycles. The number of anilines is 1. The van der Waals surface area contributed by atoms with Crippen LogP contribution >= 0.6 is 11.3 Å². The fourth-order valence-electron chi connectivity index (χ4n) is 1.92. The molecule has 0 saturated carbocycles. The molecule has 1 aromatic carbocycles. The molecule has 3 aromatic rings. The van der Waals surface area contributed by atoms with E-state index in [9.17, 15) is 9.50 Å². The summed E-state index contributed by atoms with van der Waals surface area (Å²) < 4.78 is 18.5. The fraction of sp³-hybridized carbons (Fsp3) is 0.267. The van der Waals surface area contributed by atoms with Crippen LogP contribution in [0.4, 0.5) is 10.2 Å². The maximum absolute atomic E-state index is 12.2. The lowest BCUT2D eigenvalue weighted by molar-refractivity contribution is 0.0842. The van der Waals surface area contributed by atoms with Gasteiger partial charge in [-0.05, 0) is 30.3 Å². The van der Waals surface area contributed by atoms with Crippen molar-refractivity contribution in [3.63, 3.8) is 0 Å². The third-order valence-corrected chi connectivity index (χ3v) is 4.16. The first-order valence-electron chi connectivity index (χ1n) is 6.99. The van der Waals surface area contributed by atoms with Gasteiger partial charge in [-0.1, -0.05) is 0 Å². The van der Waals surface area contributed by atoms with Crippen molar-refractivity contribution in [1.29, 1.82) is 0 Å². The van der Waals surface area contributed by atoms with Gasteiger partial charge in [0.2, 0.25) is 0 Å². The van der Waals surface area contributed by atoms with Gasteiger partial charge in [0, 0.05) is 7.05 Å². The summed E-state index contributed by atoms with van der Waals surface area (Å²) in [4.78, 5) is 4.52. The number of hydrogen-bond donors (Lipinski definition) is 2. The molecule has 0 aliphatic heterocycles. The Balaban J connectivity index is 1.83. The summed E-state index contributed by atoms with van der Waals surface area (Å²) in [5.74, 6) is 1.26. The Morgan fingerprint density at radius 2 is 2.17 bits per heavy atom. The minimum Gasteiger partial charge on any atom is -0.491 e.